The molecule has 0 aromatic heterocycles. The Morgan fingerprint density at radius 2 is 1.19 bits per heavy atom. The zero-order valence-corrected chi connectivity index (χ0v) is 19.3. The molecule has 0 aliphatic rings. The lowest BCUT2D eigenvalue weighted by molar-refractivity contribution is -0.111. The van der Waals surface area contributed by atoms with Crippen molar-refractivity contribution < 1.29 is 28.8 Å². The van der Waals surface area contributed by atoms with Crippen LogP contribution in [0.2, 0.25) is 0 Å². The SMILES string of the molecule is COc1ccc(/C=C/C(=O)/C(=C(O)/C=C/c2ccc(OC)c(OC)c2)C(C)C)cc1OC. The van der Waals surface area contributed by atoms with Gasteiger partial charge in [-0.15, -0.1) is 0 Å². The number of rotatable bonds is 10. The van der Waals surface area contributed by atoms with Gasteiger partial charge < -0.3 is 24.1 Å². The van der Waals surface area contributed by atoms with Gasteiger partial charge in [0, 0.05) is 5.57 Å². The largest absolute Gasteiger partial charge is 0.508 e. The van der Waals surface area contributed by atoms with Crippen LogP contribution in [0.3, 0.4) is 0 Å². The lowest BCUT2D eigenvalue weighted by Gasteiger charge is -2.10. The molecular weight excluding hydrogens is 408 g/mol. The summed E-state index contributed by atoms with van der Waals surface area (Å²) in [6.45, 7) is 3.72. The van der Waals surface area contributed by atoms with Crippen molar-refractivity contribution in [2.45, 2.75) is 13.8 Å². The maximum absolute atomic E-state index is 12.8. The average molecular weight is 439 g/mol. The molecule has 2 aromatic carbocycles. The van der Waals surface area contributed by atoms with Gasteiger partial charge in [0.15, 0.2) is 28.8 Å². The fourth-order valence-corrected chi connectivity index (χ4v) is 3.15. The van der Waals surface area contributed by atoms with E-state index in [9.17, 15) is 9.90 Å². The van der Waals surface area contributed by atoms with Crippen LogP contribution in [-0.2, 0) is 4.79 Å². The molecule has 32 heavy (non-hydrogen) atoms. The number of methoxy groups -OCH3 is 4. The highest BCUT2D eigenvalue weighted by Crippen LogP contribution is 2.29. The minimum absolute atomic E-state index is 0.0863. The van der Waals surface area contributed by atoms with E-state index in [2.05, 4.69) is 0 Å². The van der Waals surface area contributed by atoms with Crippen molar-refractivity contribution in [3.05, 3.63) is 71.0 Å². The maximum atomic E-state index is 12.8. The minimum Gasteiger partial charge on any atom is -0.508 e. The van der Waals surface area contributed by atoms with Crippen molar-refractivity contribution in [3.8, 4) is 23.0 Å². The Labute approximate surface area is 189 Å². The summed E-state index contributed by atoms with van der Waals surface area (Å²) in [5, 5.41) is 10.6. The third-order valence-corrected chi connectivity index (χ3v) is 4.79. The molecule has 0 radical (unpaired) electrons. The van der Waals surface area contributed by atoms with Crippen LogP contribution in [-0.4, -0.2) is 39.3 Å². The van der Waals surface area contributed by atoms with Gasteiger partial charge in [-0.25, -0.2) is 0 Å². The molecule has 2 aromatic rings. The van der Waals surface area contributed by atoms with Crippen molar-refractivity contribution >= 4 is 17.9 Å². The first kappa shape index (κ1) is 24.6. The molecule has 0 saturated carbocycles. The fraction of sp³-hybridized carbons (Fsp3) is 0.269. The Balaban J connectivity index is 2.28. The number of ether oxygens (including phenoxy) is 4. The van der Waals surface area contributed by atoms with Crippen molar-refractivity contribution in [2.75, 3.05) is 28.4 Å². The first-order chi connectivity index (χ1) is 15.3. The summed E-state index contributed by atoms with van der Waals surface area (Å²) in [6.07, 6.45) is 6.35. The van der Waals surface area contributed by atoms with Crippen LogP contribution in [0.15, 0.2) is 59.9 Å². The van der Waals surface area contributed by atoms with Crippen LogP contribution < -0.4 is 18.9 Å². The number of hydrogen-bond acceptors (Lipinski definition) is 6. The number of hydrogen-bond donors (Lipinski definition) is 1. The second kappa shape index (κ2) is 11.6. The van der Waals surface area contributed by atoms with Crippen molar-refractivity contribution in [3.63, 3.8) is 0 Å². The number of benzene rings is 2. The molecule has 0 saturated heterocycles. The number of aliphatic hydroxyl groups excluding tert-OH is 1. The zero-order valence-electron chi connectivity index (χ0n) is 19.3. The van der Waals surface area contributed by atoms with E-state index >= 15 is 0 Å². The van der Waals surface area contributed by atoms with E-state index in [4.69, 9.17) is 18.9 Å². The van der Waals surface area contributed by atoms with E-state index in [0.29, 0.717) is 28.6 Å². The molecule has 0 amide bonds. The number of ketones is 1. The predicted molar refractivity (Wildman–Crippen MR) is 127 cm³/mol. The van der Waals surface area contributed by atoms with Gasteiger partial charge in [-0.2, -0.15) is 0 Å². The summed E-state index contributed by atoms with van der Waals surface area (Å²) in [7, 11) is 6.24. The van der Waals surface area contributed by atoms with Gasteiger partial charge in [-0.3, -0.25) is 4.79 Å². The van der Waals surface area contributed by atoms with Gasteiger partial charge in [-0.05, 0) is 53.5 Å². The summed E-state index contributed by atoms with van der Waals surface area (Å²) in [5.74, 6) is 1.84. The number of carbonyl (C=O) groups excluding carboxylic acids is 1. The van der Waals surface area contributed by atoms with Gasteiger partial charge in [0.05, 0.1) is 28.4 Å². The number of carbonyl (C=O) groups is 1. The molecule has 170 valence electrons. The molecule has 0 bridgehead atoms. The predicted octanol–water partition coefficient (Wildman–Crippen LogP) is 5.48. The molecule has 0 aliphatic heterocycles. The number of aliphatic hydroxyl groups is 1. The van der Waals surface area contributed by atoms with Crippen LogP contribution in [0, 0.1) is 5.92 Å². The van der Waals surface area contributed by atoms with Crippen molar-refractivity contribution in [1.29, 1.82) is 0 Å². The highest BCUT2D eigenvalue weighted by atomic mass is 16.5. The average Bonchev–Trinajstić information content (AvgIpc) is 2.80. The van der Waals surface area contributed by atoms with Crippen LogP contribution in [0.1, 0.15) is 25.0 Å². The lowest BCUT2D eigenvalue weighted by atomic mass is 9.96. The molecule has 0 unspecified atom stereocenters. The Morgan fingerprint density at radius 1 is 0.750 bits per heavy atom. The highest BCUT2D eigenvalue weighted by molar-refractivity contribution is 6.07. The van der Waals surface area contributed by atoms with Gasteiger partial charge >= 0.3 is 0 Å². The summed E-state index contributed by atoms with van der Waals surface area (Å²) in [4.78, 5) is 12.8. The first-order valence-electron chi connectivity index (χ1n) is 10.1. The summed E-state index contributed by atoms with van der Waals surface area (Å²) in [6, 6.07) is 10.8. The van der Waals surface area contributed by atoms with Gasteiger partial charge in [-0.1, -0.05) is 38.1 Å². The first-order valence-corrected chi connectivity index (χ1v) is 10.1. The maximum Gasteiger partial charge on any atom is 0.185 e. The molecule has 2 rings (SSSR count). The van der Waals surface area contributed by atoms with E-state index in [0.717, 1.165) is 11.1 Å². The molecule has 6 nitrogen and oxygen atoms in total. The van der Waals surface area contributed by atoms with Gasteiger partial charge in [0.1, 0.15) is 5.76 Å². The van der Waals surface area contributed by atoms with Crippen LogP contribution in [0.25, 0.3) is 12.2 Å². The molecule has 0 fully saturated rings. The van der Waals surface area contributed by atoms with E-state index in [-0.39, 0.29) is 17.5 Å². The van der Waals surface area contributed by atoms with Gasteiger partial charge in [0.2, 0.25) is 0 Å². The smallest absolute Gasteiger partial charge is 0.185 e. The Kier molecular flexibility index (Phi) is 8.95. The molecule has 0 aliphatic carbocycles. The minimum atomic E-state index is -0.274. The highest BCUT2D eigenvalue weighted by Gasteiger charge is 2.15. The third-order valence-electron chi connectivity index (χ3n) is 4.79. The van der Waals surface area contributed by atoms with E-state index in [1.54, 1.807) is 64.9 Å². The quantitative estimate of drug-likeness (QED) is 0.301. The molecule has 0 atom stereocenters. The fourth-order valence-electron chi connectivity index (χ4n) is 3.15. The summed E-state index contributed by atoms with van der Waals surface area (Å²) >= 11 is 0. The second-order valence-corrected chi connectivity index (χ2v) is 7.21. The molecule has 1 N–H and O–H groups in total. The lowest BCUT2D eigenvalue weighted by Crippen LogP contribution is -2.08. The van der Waals surface area contributed by atoms with Crippen LogP contribution in [0.5, 0.6) is 23.0 Å². The standard InChI is InChI=1S/C26H30O6/c1-17(2)26(20(27)11-7-18-9-13-22(29-3)24(15-18)31-5)21(28)12-8-19-10-14-23(30-4)25(16-19)32-6/h7-17,27H,1-6H3/b11-7+,12-8+,26-20-. The molecule has 0 heterocycles. The van der Waals surface area contributed by atoms with E-state index in [1.165, 1.54) is 12.2 Å². The second-order valence-electron chi connectivity index (χ2n) is 7.21. The Bertz CT molecular complexity index is 1030. The Hall–Kier alpha value is -3.67. The summed E-state index contributed by atoms with van der Waals surface area (Å²) in [5.41, 5.74) is 1.89. The van der Waals surface area contributed by atoms with Crippen LogP contribution >= 0.6 is 0 Å². The normalized spacial score (nSPS) is 12.2. The zero-order chi connectivity index (χ0) is 23.7. The molecular formula is C26H30O6. The topological polar surface area (TPSA) is 74.2 Å². The monoisotopic (exact) mass is 438 g/mol. The van der Waals surface area contributed by atoms with Crippen molar-refractivity contribution in [2.24, 2.45) is 5.92 Å². The number of allylic oxidation sites excluding steroid dienone is 3. The van der Waals surface area contributed by atoms with E-state index < -0.39 is 0 Å². The van der Waals surface area contributed by atoms with Gasteiger partial charge in [0.25, 0.3) is 0 Å². The summed E-state index contributed by atoms with van der Waals surface area (Å²) < 4.78 is 21.1. The Morgan fingerprint density at radius 3 is 1.59 bits per heavy atom. The van der Waals surface area contributed by atoms with E-state index in [1.807, 2.05) is 26.0 Å². The van der Waals surface area contributed by atoms with Crippen molar-refractivity contribution in [1.82, 2.24) is 0 Å². The molecule has 6 heteroatoms. The van der Waals surface area contributed by atoms with Crippen LogP contribution in [0.4, 0.5) is 0 Å². The third kappa shape index (κ3) is 6.17. The molecule has 0 spiro atoms.